The van der Waals surface area contributed by atoms with E-state index in [1.807, 2.05) is 6.08 Å². The first-order valence-corrected chi connectivity index (χ1v) is 23.6. The lowest BCUT2D eigenvalue weighted by Gasteiger charge is -2.23. The molecule has 0 saturated heterocycles. The van der Waals surface area contributed by atoms with Crippen molar-refractivity contribution in [2.45, 2.75) is 219 Å². The van der Waals surface area contributed by atoms with Gasteiger partial charge >= 0.3 is 7.82 Å². The van der Waals surface area contributed by atoms with Crippen LogP contribution in [0.5, 0.6) is 0 Å². The van der Waals surface area contributed by atoms with Crippen molar-refractivity contribution in [3.8, 4) is 0 Å². The van der Waals surface area contributed by atoms with Gasteiger partial charge in [0.1, 0.15) is 0 Å². The van der Waals surface area contributed by atoms with Crippen molar-refractivity contribution in [3.05, 3.63) is 36.5 Å². The lowest BCUT2D eigenvalue weighted by atomic mass is 10.0. The number of carbonyl (C=O) groups is 1. The third-order valence-electron chi connectivity index (χ3n) is 9.70. The average Bonchev–Trinajstić information content (AvgIpc) is 3.14. The van der Waals surface area contributed by atoms with Gasteiger partial charge in [0.25, 0.3) is 0 Å². The van der Waals surface area contributed by atoms with E-state index >= 15 is 0 Å². The highest BCUT2D eigenvalue weighted by molar-refractivity contribution is 7.47. The van der Waals surface area contributed by atoms with Gasteiger partial charge in [-0.05, 0) is 44.9 Å². The van der Waals surface area contributed by atoms with Gasteiger partial charge in [-0.25, -0.2) is 4.57 Å². The summed E-state index contributed by atoms with van der Waals surface area (Å²) < 4.78 is 22.1. The Labute approximate surface area is 327 Å². The summed E-state index contributed by atoms with van der Waals surface area (Å²) in [6.07, 6.45) is 47.6. The highest BCUT2D eigenvalue weighted by Gasteiger charge is 2.26. The van der Waals surface area contributed by atoms with Crippen molar-refractivity contribution in [1.82, 2.24) is 5.32 Å². The Morgan fingerprint density at radius 1 is 0.604 bits per heavy atom. The van der Waals surface area contributed by atoms with Gasteiger partial charge in [-0.3, -0.25) is 13.8 Å². The molecule has 0 saturated carbocycles. The van der Waals surface area contributed by atoms with E-state index in [1.165, 1.54) is 141 Å². The van der Waals surface area contributed by atoms with E-state index in [9.17, 15) is 19.4 Å². The number of carbonyl (C=O) groups excluding carboxylic acids is 1. The van der Waals surface area contributed by atoms with E-state index < -0.39 is 20.0 Å². The van der Waals surface area contributed by atoms with Crippen LogP contribution in [-0.2, 0) is 18.4 Å². The van der Waals surface area contributed by atoms with Crippen LogP contribution in [0.2, 0.25) is 0 Å². The molecule has 3 unspecified atom stereocenters. The third-order valence-corrected chi connectivity index (χ3v) is 10.7. The molecule has 0 heterocycles. The lowest BCUT2D eigenvalue weighted by molar-refractivity contribution is -0.123. The number of allylic oxidation sites excluding steroid dienone is 5. The molecule has 3 atom stereocenters. The Morgan fingerprint density at radius 2 is 1.00 bits per heavy atom. The number of unbranched alkanes of at least 4 members (excludes halogenated alkanes) is 25. The second kappa shape index (κ2) is 40.4. The van der Waals surface area contributed by atoms with Gasteiger partial charge in [0, 0.05) is 13.0 Å². The van der Waals surface area contributed by atoms with E-state index in [-0.39, 0.29) is 25.7 Å². The molecule has 0 rings (SSSR count). The lowest BCUT2D eigenvalue weighted by Crippen LogP contribution is -2.45. The van der Waals surface area contributed by atoms with Crippen LogP contribution < -0.4 is 11.1 Å². The summed E-state index contributed by atoms with van der Waals surface area (Å²) in [5, 5.41) is 13.6. The monoisotopic (exact) mass is 769 g/mol. The molecule has 1 amide bonds. The Balaban J connectivity index is 4.28. The Hall–Kier alpha value is -1.28. The van der Waals surface area contributed by atoms with E-state index in [4.69, 9.17) is 14.8 Å². The van der Waals surface area contributed by atoms with Gasteiger partial charge < -0.3 is 21.1 Å². The maximum absolute atomic E-state index is 12.7. The summed E-state index contributed by atoms with van der Waals surface area (Å²) in [6.45, 7) is 4.11. The van der Waals surface area contributed by atoms with E-state index in [2.05, 4.69) is 43.5 Å². The van der Waals surface area contributed by atoms with Crippen LogP contribution in [0.15, 0.2) is 36.5 Å². The number of phosphoric ester groups is 1. The molecule has 0 aromatic heterocycles. The molecule has 0 radical (unpaired) electrons. The van der Waals surface area contributed by atoms with Gasteiger partial charge in [-0.15, -0.1) is 0 Å². The molecule has 0 fully saturated rings. The number of amides is 1. The molecule has 0 spiro atoms. The zero-order valence-electron chi connectivity index (χ0n) is 34.5. The highest BCUT2D eigenvalue weighted by atomic mass is 31.2. The fourth-order valence-electron chi connectivity index (χ4n) is 6.34. The first kappa shape index (κ1) is 51.7. The molecule has 9 heteroatoms. The van der Waals surface area contributed by atoms with Crippen LogP contribution in [0.25, 0.3) is 0 Å². The van der Waals surface area contributed by atoms with E-state index in [0.29, 0.717) is 6.42 Å². The summed E-state index contributed by atoms with van der Waals surface area (Å²) in [5.74, 6) is -0.207. The molecular formula is C44H85N2O6P. The minimum atomic E-state index is -4.35. The molecule has 5 N–H and O–H groups in total. The first-order chi connectivity index (χ1) is 25.9. The fraction of sp³-hybridized carbons (Fsp3) is 0.841. The molecule has 0 aliphatic heterocycles. The summed E-state index contributed by atoms with van der Waals surface area (Å²) in [5.41, 5.74) is 5.37. The minimum Gasteiger partial charge on any atom is -0.387 e. The van der Waals surface area contributed by atoms with Crippen molar-refractivity contribution in [2.24, 2.45) is 5.73 Å². The van der Waals surface area contributed by atoms with Crippen molar-refractivity contribution in [3.63, 3.8) is 0 Å². The second-order valence-corrected chi connectivity index (χ2v) is 16.3. The van der Waals surface area contributed by atoms with Crippen LogP contribution in [0.3, 0.4) is 0 Å². The maximum atomic E-state index is 12.7. The maximum Gasteiger partial charge on any atom is 0.472 e. The standard InChI is InChI=1S/C44H85N2O6P/c1-3-5-7-9-11-13-15-17-19-21-22-23-25-27-29-31-33-35-37-43(47)42(41-52-53(49,50)51-40-39-45)46-44(48)38-36-34-32-30-28-26-24-20-18-16-14-12-10-8-6-4-2/h21-22,27,29,35,37,42-43,47H,3-20,23-26,28,30-34,36,38-41,45H2,1-2H3,(H,46,48)(H,49,50)/b22-21+,29-27+,37-35+. The molecule has 0 aliphatic carbocycles. The number of phosphoric acid groups is 1. The number of rotatable bonds is 41. The fourth-order valence-corrected chi connectivity index (χ4v) is 7.10. The third kappa shape index (κ3) is 38.8. The summed E-state index contributed by atoms with van der Waals surface area (Å²) in [4.78, 5) is 22.7. The Bertz CT molecular complexity index is 928. The van der Waals surface area contributed by atoms with Crippen LogP contribution >= 0.6 is 7.82 Å². The number of hydrogen-bond donors (Lipinski definition) is 4. The van der Waals surface area contributed by atoms with Gasteiger partial charge in [0.05, 0.1) is 25.4 Å². The van der Waals surface area contributed by atoms with Crippen LogP contribution in [0, 0.1) is 0 Å². The molecular weight excluding hydrogens is 683 g/mol. The van der Waals surface area contributed by atoms with Crippen molar-refractivity contribution >= 4 is 13.7 Å². The summed E-state index contributed by atoms with van der Waals surface area (Å²) >= 11 is 0. The van der Waals surface area contributed by atoms with Crippen molar-refractivity contribution < 1.29 is 28.4 Å². The van der Waals surface area contributed by atoms with E-state index in [1.54, 1.807) is 6.08 Å². The van der Waals surface area contributed by atoms with Gasteiger partial charge in [0.15, 0.2) is 0 Å². The molecule has 0 aliphatic rings. The molecule has 0 aromatic rings. The number of nitrogens with one attached hydrogen (secondary N) is 1. The number of aliphatic hydroxyl groups is 1. The molecule has 8 nitrogen and oxygen atoms in total. The van der Waals surface area contributed by atoms with E-state index in [0.717, 1.165) is 44.9 Å². The van der Waals surface area contributed by atoms with Crippen LogP contribution in [-0.4, -0.2) is 47.8 Å². The molecule has 0 aromatic carbocycles. The molecule has 53 heavy (non-hydrogen) atoms. The number of hydrogen-bond acceptors (Lipinski definition) is 6. The number of aliphatic hydroxyl groups excluding tert-OH is 1. The SMILES string of the molecule is CCCCCCCCCC/C=C/CC/C=C/CC/C=C/C(O)C(COP(=O)(O)OCCN)NC(=O)CCCCCCCCCCCCCCCCCC. The summed E-state index contributed by atoms with van der Waals surface area (Å²) in [6, 6.07) is -0.880. The zero-order valence-corrected chi connectivity index (χ0v) is 35.4. The largest absolute Gasteiger partial charge is 0.472 e. The van der Waals surface area contributed by atoms with Crippen LogP contribution in [0.1, 0.15) is 206 Å². The van der Waals surface area contributed by atoms with Gasteiger partial charge in [-0.1, -0.05) is 192 Å². The predicted molar refractivity (Wildman–Crippen MR) is 226 cm³/mol. The molecule has 312 valence electrons. The Kier molecular flexibility index (Phi) is 39.4. The smallest absolute Gasteiger partial charge is 0.387 e. The van der Waals surface area contributed by atoms with Gasteiger partial charge in [-0.2, -0.15) is 0 Å². The minimum absolute atomic E-state index is 0.0727. The Morgan fingerprint density at radius 3 is 1.45 bits per heavy atom. The summed E-state index contributed by atoms with van der Waals surface area (Å²) in [7, 11) is -4.35. The quantitative estimate of drug-likeness (QED) is 0.0277. The van der Waals surface area contributed by atoms with Gasteiger partial charge in [0.2, 0.25) is 5.91 Å². The highest BCUT2D eigenvalue weighted by Crippen LogP contribution is 2.43. The van der Waals surface area contributed by atoms with Crippen molar-refractivity contribution in [2.75, 3.05) is 19.8 Å². The zero-order chi connectivity index (χ0) is 38.9. The van der Waals surface area contributed by atoms with Crippen LogP contribution in [0.4, 0.5) is 0 Å². The normalized spacial score (nSPS) is 14.4. The average molecular weight is 769 g/mol. The topological polar surface area (TPSA) is 131 Å². The molecule has 0 bridgehead atoms. The second-order valence-electron chi connectivity index (χ2n) is 14.9. The number of nitrogens with two attached hydrogens (primary N) is 1. The first-order valence-electron chi connectivity index (χ1n) is 22.1. The predicted octanol–water partition coefficient (Wildman–Crippen LogP) is 12.3. The van der Waals surface area contributed by atoms with Crippen molar-refractivity contribution in [1.29, 1.82) is 0 Å².